The molecule has 0 aliphatic heterocycles. The third kappa shape index (κ3) is 24.1. The van der Waals surface area contributed by atoms with E-state index in [4.69, 9.17) is 47.4 Å². The van der Waals surface area contributed by atoms with Crippen molar-refractivity contribution in [3.63, 3.8) is 0 Å². The summed E-state index contributed by atoms with van der Waals surface area (Å²) in [5.41, 5.74) is 0.462. The molecule has 4 aromatic carbocycles. The van der Waals surface area contributed by atoms with Crippen LogP contribution < -0.4 is 29.6 Å². The number of halogens is 4. The van der Waals surface area contributed by atoms with Crippen LogP contribution in [-0.4, -0.2) is 153 Å². The monoisotopic (exact) mass is 1170 g/mol. The molecule has 440 valence electrons. The van der Waals surface area contributed by atoms with Crippen LogP contribution in [0.1, 0.15) is 38.8 Å². The number of carbonyl (C=O) groups excluding carboxylic acids is 3. The summed E-state index contributed by atoms with van der Waals surface area (Å²) in [6.45, 7) is 9.30. The van der Waals surface area contributed by atoms with Crippen LogP contribution in [0.3, 0.4) is 0 Å². The first kappa shape index (κ1) is 66.0. The molecule has 0 fully saturated rings. The SMILES string of the molecule is CCOC(=O)/C(C)=C/c1cc(F)c(Oc2ccc(S(=O)(=O)NCCOCCOCCOCCNC(=O)NCCOCCOCCOCCNS(=O)(=O)c3ccc(Oc4c(F)cc(/C=C(\C)C(=O)OCC)cc4F)cc3)cc2)c(F)c1. The molecule has 2 amide bonds. The van der Waals surface area contributed by atoms with E-state index in [9.17, 15) is 48.8 Å². The van der Waals surface area contributed by atoms with Gasteiger partial charge in [-0.1, -0.05) is 0 Å². The molecule has 0 unspecified atom stereocenters. The van der Waals surface area contributed by atoms with Crippen molar-refractivity contribution in [2.45, 2.75) is 37.5 Å². The third-order valence-electron chi connectivity index (χ3n) is 10.3. The lowest BCUT2D eigenvalue weighted by Gasteiger charge is -2.11. The van der Waals surface area contributed by atoms with Crippen LogP contribution >= 0.6 is 0 Å². The van der Waals surface area contributed by atoms with Crippen LogP contribution in [-0.2, 0) is 67.5 Å². The molecule has 4 aromatic rings. The Labute approximate surface area is 462 Å². The van der Waals surface area contributed by atoms with Gasteiger partial charge in [0.25, 0.3) is 0 Å². The minimum atomic E-state index is -3.94. The number of benzene rings is 4. The zero-order valence-corrected chi connectivity index (χ0v) is 46.2. The maximum Gasteiger partial charge on any atom is 0.333 e. The smallest absolute Gasteiger partial charge is 0.333 e. The van der Waals surface area contributed by atoms with Crippen molar-refractivity contribution in [2.24, 2.45) is 0 Å². The van der Waals surface area contributed by atoms with E-state index >= 15 is 0 Å². The van der Waals surface area contributed by atoms with Crippen LogP contribution in [0.2, 0.25) is 0 Å². The second-order valence-electron chi connectivity index (χ2n) is 16.5. The zero-order chi connectivity index (χ0) is 58.3. The van der Waals surface area contributed by atoms with Gasteiger partial charge in [-0.2, -0.15) is 0 Å². The number of urea groups is 1. The van der Waals surface area contributed by atoms with Crippen LogP contribution in [0.15, 0.2) is 93.7 Å². The van der Waals surface area contributed by atoms with Crippen LogP contribution in [0, 0.1) is 23.3 Å². The van der Waals surface area contributed by atoms with Gasteiger partial charge >= 0.3 is 18.0 Å². The summed E-state index contributed by atoms with van der Waals surface area (Å²) in [6.07, 6.45) is 2.55. The lowest BCUT2D eigenvalue weighted by molar-refractivity contribution is -0.139. The van der Waals surface area contributed by atoms with Crippen molar-refractivity contribution < 1.29 is 96.1 Å². The quantitative estimate of drug-likeness (QED) is 0.0163. The normalized spacial score (nSPS) is 12.1. The Morgan fingerprint density at radius 1 is 0.450 bits per heavy atom. The highest BCUT2D eigenvalue weighted by atomic mass is 32.2. The molecule has 0 saturated carbocycles. The highest BCUT2D eigenvalue weighted by Gasteiger charge is 2.19. The van der Waals surface area contributed by atoms with Crippen molar-refractivity contribution in [1.82, 2.24) is 20.1 Å². The van der Waals surface area contributed by atoms with Gasteiger partial charge in [0, 0.05) is 37.3 Å². The fraction of sp³-hybridized carbons (Fsp3) is 0.415. The van der Waals surface area contributed by atoms with E-state index < -0.39 is 72.8 Å². The topological polar surface area (TPSA) is 260 Å². The van der Waals surface area contributed by atoms with Crippen molar-refractivity contribution in [2.75, 3.05) is 119 Å². The Morgan fingerprint density at radius 2 is 0.738 bits per heavy atom. The molecule has 0 spiro atoms. The average molecular weight is 1170 g/mol. The predicted molar refractivity (Wildman–Crippen MR) is 283 cm³/mol. The standard InChI is InChI=1S/C53H66F4N4O17S2/c1-5-75-51(62)37(3)31-39-33-45(54)49(46(55)34-39)77-41-7-11-43(12-8-41)79(65,66)60-17-21-71-25-29-73-27-23-69-19-15-58-53(64)59-16-20-70-24-28-74-30-26-72-22-18-61-80(67,68)44-13-9-42(10-14-44)78-50-47(56)35-40(36-48(50)57)32-38(4)52(63)76-6-2/h7-14,31-36,60-61H,5-6,15-30H2,1-4H3,(H2,58,59,64)/b37-31+,38-32+. The minimum absolute atomic E-state index is 0.0178. The summed E-state index contributed by atoms with van der Waals surface area (Å²) in [5, 5.41) is 5.29. The van der Waals surface area contributed by atoms with E-state index in [-0.39, 0.29) is 162 Å². The Bertz CT molecular complexity index is 2660. The largest absolute Gasteiger partial charge is 0.463 e. The molecule has 4 N–H and O–H groups in total. The maximum atomic E-state index is 14.7. The molecule has 0 aromatic heterocycles. The molecule has 0 saturated heterocycles. The van der Waals surface area contributed by atoms with Gasteiger partial charge in [-0.25, -0.2) is 58.2 Å². The summed E-state index contributed by atoms with van der Waals surface area (Å²) in [7, 11) is -7.88. The van der Waals surface area contributed by atoms with Gasteiger partial charge in [0.05, 0.1) is 102 Å². The van der Waals surface area contributed by atoms with E-state index in [1.165, 1.54) is 74.5 Å². The molecule has 4 rings (SSSR count). The van der Waals surface area contributed by atoms with Gasteiger partial charge in [0.2, 0.25) is 20.0 Å². The maximum absolute atomic E-state index is 14.7. The van der Waals surface area contributed by atoms with Crippen molar-refractivity contribution in [3.05, 3.63) is 118 Å². The van der Waals surface area contributed by atoms with Gasteiger partial charge < -0.3 is 58.0 Å². The fourth-order valence-corrected chi connectivity index (χ4v) is 8.55. The molecule has 0 bridgehead atoms. The van der Waals surface area contributed by atoms with Crippen molar-refractivity contribution >= 4 is 50.2 Å². The number of sulfonamides is 2. The van der Waals surface area contributed by atoms with Gasteiger partial charge in [-0.05, 0) is 124 Å². The molecule has 21 nitrogen and oxygen atoms in total. The lowest BCUT2D eigenvalue weighted by Crippen LogP contribution is -2.39. The molecule has 0 aliphatic carbocycles. The first-order valence-electron chi connectivity index (χ1n) is 25.1. The summed E-state index contributed by atoms with van der Waals surface area (Å²) < 4.78 is 167. The number of hydrogen-bond acceptors (Lipinski definition) is 17. The summed E-state index contributed by atoms with van der Waals surface area (Å²) in [5.74, 6) is -6.81. The molecule has 27 heteroatoms. The summed E-state index contributed by atoms with van der Waals surface area (Å²) in [6, 6.07) is 13.4. The van der Waals surface area contributed by atoms with Crippen LogP contribution in [0.25, 0.3) is 12.2 Å². The number of nitrogens with one attached hydrogen (secondary N) is 4. The number of hydrogen-bond donors (Lipinski definition) is 4. The molecule has 0 radical (unpaired) electrons. The van der Waals surface area contributed by atoms with Crippen molar-refractivity contribution in [1.29, 1.82) is 0 Å². The molecule has 0 aliphatic rings. The first-order valence-corrected chi connectivity index (χ1v) is 28.0. The number of ether oxygens (including phenoxy) is 10. The van der Waals surface area contributed by atoms with E-state index in [1.54, 1.807) is 13.8 Å². The zero-order valence-electron chi connectivity index (χ0n) is 44.6. The van der Waals surface area contributed by atoms with Crippen LogP contribution in [0.4, 0.5) is 22.4 Å². The van der Waals surface area contributed by atoms with E-state index in [0.29, 0.717) is 0 Å². The molecule has 0 atom stereocenters. The fourth-order valence-electron chi connectivity index (χ4n) is 6.52. The number of amides is 2. The number of esters is 2. The molecule has 0 heterocycles. The highest BCUT2D eigenvalue weighted by Crippen LogP contribution is 2.32. The van der Waals surface area contributed by atoms with E-state index in [2.05, 4.69) is 20.1 Å². The first-order chi connectivity index (χ1) is 38.3. The van der Waals surface area contributed by atoms with E-state index in [1.807, 2.05) is 0 Å². The Morgan fingerprint density at radius 3 is 1.04 bits per heavy atom. The van der Waals surface area contributed by atoms with Gasteiger partial charge in [0.1, 0.15) is 11.5 Å². The second kappa shape index (κ2) is 35.3. The highest BCUT2D eigenvalue weighted by molar-refractivity contribution is 7.89. The van der Waals surface area contributed by atoms with E-state index in [0.717, 1.165) is 24.3 Å². The van der Waals surface area contributed by atoms with Gasteiger partial charge in [-0.15, -0.1) is 0 Å². The number of carbonyl (C=O) groups is 3. The second-order valence-corrected chi connectivity index (χ2v) is 20.1. The predicted octanol–water partition coefficient (Wildman–Crippen LogP) is 6.42. The summed E-state index contributed by atoms with van der Waals surface area (Å²) >= 11 is 0. The Balaban J connectivity index is 0.922. The minimum Gasteiger partial charge on any atom is -0.463 e. The van der Waals surface area contributed by atoms with Gasteiger partial charge in [-0.3, -0.25) is 0 Å². The lowest BCUT2D eigenvalue weighted by atomic mass is 10.1. The number of rotatable bonds is 38. The average Bonchev–Trinajstić information content (AvgIpc) is 3.41. The van der Waals surface area contributed by atoms with Crippen molar-refractivity contribution in [3.8, 4) is 23.0 Å². The van der Waals surface area contributed by atoms with Gasteiger partial charge in [0.15, 0.2) is 34.8 Å². The third-order valence-corrected chi connectivity index (χ3v) is 13.3. The Kier molecular flexibility index (Phi) is 29.1. The van der Waals surface area contributed by atoms with Crippen LogP contribution in [0.5, 0.6) is 23.0 Å². The molecular formula is C53H66F4N4O17S2. The summed E-state index contributed by atoms with van der Waals surface area (Å²) in [4.78, 5) is 35.4. The molecular weight excluding hydrogens is 1100 g/mol. The molecule has 80 heavy (non-hydrogen) atoms. The Hall–Kier alpha value is -6.53.